The van der Waals surface area contributed by atoms with Crippen LogP contribution >= 0.6 is 11.3 Å². The second kappa shape index (κ2) is 6.58. The van der Waals surface area contributed by atoms with Crippen LogP contribution in [0.5, 0.6) is 11.5 Å². The van der Waals surface area contributed by atoms with Crippen molar-refractivity contribution < 1.29 is 14.3 Å². The first-order chi connectivity index (χ1) is 11.0. The Labute approximate surface area is 139 Å². The molecule has 0 fully saturated rings. The number of hydrogen-bond donors (Lipinski definition) is 1. The molecule has 23 heavy (non-hydrogen) atoms. The standard InChI is InChI=1S/C17H20N2O3S/c1-10(2)17-19-12(9-23-17)8-18-16(20)15-11(3)21-13-6-4-5-7-14(13)22-15/h4-7,9-11,15H,8H2,1-3H3,(H,18,20)/t11-,15+/m1/s1. The average molecular weight is 332 g/mol. The first kappa shape index (κ1) is 15.8. The van der Waals surface area contributed by atoms with Gasteiger partial charge >= 0.3 is 0 Å². The van der Waals surface area contributed by atoms with Gasteiger partial charge in [0.1, 0.15) is 6.10 Å². The summed E-state index contributed by atoms with van der Waals surface area (Å²) in [5.41, 5.74) is 0.872. The number of amides is 1. The van der Waals surface area contributed by atoms with Crippen molar-refractivity contribution in [3.05, 3.63) is 40.3 Å². The van der Waals surface area contributed by atoms with E-state index >= 15 is 0 Å². The highest BCUT2D eigenvalue weighted by atomic mass is 32.1. The molecule has 3 rings (SSSR count). The lowest BCUT2D eigenvalue weighted by Crippen LogP contribution is -2.48. The molecule has 1 N–H and O–H groups in total. The second-order valence-corrected chi connectivity index (χ2v) is 6.75. The normalized spacial score (nSPS) is 19.7. The zero-order valence-corrected chi connectivity index (χ0v) is 14.2. The maximum Gasteiger partial charge on any atom is 0.265 e. The highest BCUT2D eigenvalue weighted by Gasteiger charge is 2.33. The van der Waals surface area contributed by atoms with Gasteiger partial charge < -0.3 is 14.8 Å². The molecule has 5 nitrogen and oxygen atoms in total. The van der Waals surface area contributed by atoms with Crippen LogP contribution in [-0.4, -0.2) is 23.1 Å². The van der Waals surface area contributed by atoms with Crippen molar-refractivity contribution in [3.63, 3.8) is 0 Å². The van der Waals surface area contributed by atoms with Crippen molar-refractivity contribution in [2.24, 2.45) is 0 Å². The lowest BCUT2D eigenvalue weighted by atomic mass is 10.1. The molecule has 0 aliphatic carbocycles. The fourth-order valence-corrected chi connectivity index (χ4v) is 3.19. The Balaban J connectivity index is 1.62. The topological polar surface area (TPSA) is 60.5 Å². The molecule has 2 aromatic rings. The summed E-state index contributed by atoms with van der Waals surface area (Å²) in [5, 5.41) is 5.94. The number of para-hydroxylation sites is 2. The Hall–Kier alpha value is -2.08. The van der Waals surface area contributed by atoms with Gasteiger partial charge in [-0.15, -0.1) is 11.3 Å². The van der Waals surface area contributed by atoms with Crippen LogP contribution in [0.1, 0.15) is 37.4 Å². The van der Waals surface area contributed by atoms with Crippen molar-refractivity contribution in [3.8, 4) is 11.5 Å². The van der Waals surface area contributed by atoms with Gasteiger partial charge in [0.2, 0.25) is 6.10 Å². The minimum atomic E-state index is -0.659. The van der Waals surface area contributed by atoms with Gasteiger partial charge in [-0.3, -0.25) is 4.79 Å². The van der Waals surface area contributed by atoms with E-state index in [1.165, 1.54) is 0 Å². The van der Waals surface area contributed by atoms with Crippen LogP contribution in [-0.2, 0) is 11.3 Å². The van der Waals surface area contributed by atoms with Crippen LogP contribution in [0, 0.1) is 0 Å². The van der Waals surface area contributed by atoms with Crippen molar-refractivity contribution in [1.82, 2.24) is 10.3 Å². The molecule has 0 saturated heterocycles. The summed E-state index contributed by atoms with van der Waals surface area (Å²) in [6.07, 6.45) is -1.00. The van der Waals surface area contributed by atoms with E-state index in [1.54, 1.807) is 17.4 Å². The van der Waals surface area contributed by atoms with E-state index in [0.717, 1.165) is 10.7 Å². The maximum absolute atomic E-state index is 12.4. The molecule has 1 amide bonds. The quantitative estimate of drug-likeness (QED) is 0.934. The molecular weight excluding hydrogens is 312 g/mol. The summed E-state index contributed by atoms with van der Waals surface area (Å²) in [6, 6.07) is 7.37. The summed E-state index contributed by atoms with van der Waals surface area (Å²) >= 11 is 1.62. The van der Waals surface area contributed by atoms with E-state index in [1.807, 2.05) is 30.5 Å². The van der Waals surface area contributed by atoms with E-state index in [4.69, 9.17) is 9.47 Å². The molecule has 1 aromatic carbocycles. The van der Waals surface area contributed by atoms with Gasteiger partial charge in [0, 0.05) is 11.3 Å². The van der Waals surface area contributed by atoms with Gasteiger partial charge in [0.25, 0.3) is 5.91 Å². The number of rotatable bonds is 4. The number of hydrogen-bond acceptors (Lipinski definition) is 5. The molecule has 1 aliphatic rings. The highest BCUT2D eigenvalue weighted by molar-refractivity contribution is 7.09. The molecule has 0 spiro atoms. The van der Waals surface area contributed by atoms with Gasteiger partial charge in [-0.1, -0.05) is 26.0 Å². The predicted molar refractivity (Wildman–Crippen MR) is 89.0 cm³/mol. The van der Waals surface area contributed by atoms with Crippen LogP contribution in [0.25, 0.3) is 0 Å². The Bertz CT molecular complexity index is 699. The van der Waals surface area contributed by atoms with Gasteiger partial charge in [-0.25, -0.2) is 4.98 Å². The first-order valence-electron chi connectivity index (χ1n) is 7.69. The third-order valence-electron chi connectivity index (χ3n) is 3.61. The SMILES string of the molecule is CC(C)c1nc(CNC(=O)[C@H]2Oc3ccccc3O[C@@H]2C)cs1. The van der Waals surface area contributed by atoms with Crippen LogP contribution in [0.3, 0.4) is 0 Å². The minimum Gasteiger partial charge on any atom is -0.482 e. The van der Waals surface area contributed by atoms with Gasteiger partial charge in [-0.05, 0) is 19.1 Å². The molecular formula is C17H20N2O3S. The fraction of sp³-hybridized carbons (Fsp3) is 0.412. The average Bonchev–Trinajstić information content (AvgIpc) is 3.01. The summed E-state index contributed by atoms with van der Waals surface area (Å²) in [5.74, 6) is 1.48. The Morgan fingerprint density at radius 2 is 2.00 bits per heavy atom. The van der Waals surface area contributed by atoms with E-state index in [0.29, 0.717) is 24.0 Å². The molecule has 2 heterocycles. The van der Waals surface area contributed by atoms with Gasteiger partial charge in [0.05, 0.1) is 17.2 Å². The molecule has 122 valence electrons. The first-order valence-corrected chi connectivity index (χ1v) is 8.57. The number of thiazole rings is 1. The maximum atomic E-state index is 12.4. The van der Waals surface area contributed by atoms with Crippen LogP contribution in [0.2, 0.25) is 0 Å². The molecule has 0 bridgehead atoms. The number of carbonyl (C=O) groups is 1. The largest absolute Gasteiger partial charge is 0.482 e. The molecule has 6 heteroatoms. The molecule has 0 unspecified atom stereocenters. The van der Waals surface area contributed by atoms with E-state index in [-0.39, 0.29) is 12.0 Å². The fourth-order valence-electron chi connectivity index (χ4n) is 2.35. The van der Waals surface area contributed by atoms with Crippen LogP contribution < -0.4 is 14.8 Å². The van der Waals surface area contributed by atoms with E-state index in [9.17, 15) is 4.79 Å². The predicted octanol–water partition coefficient (Wildman–Crippen LogP) is 3.11. The highest BCUT2D eigenvalue weighted by Crippen LogP contribution is 2.33. The van der Waals surface area contributed by atoms with Crippen molar-refractivity contribution in [2.45, 2.75) is 45.4 Å². The smallest absolute Gasteiger partial charge is 0.265 e. The number of aromatic nitrogens is 1. The zero-order valence-electron chi connectivity index (χ0n) is 13.4. The van der Waals surface area contributed by atoms with E-state index in [2.05, 4.69) is 24.1 Å². The number of carbonyl (C=O) groups excluding carboxylic acids is 1. The monoisotopic (exact) mass is 332 g/mol. The summed E-state index contributed by atoms with van der Waals surface area (Å²) in [4.78, 5) is 16.9. The number of benzene rings is 1. The Morgan fingerprint density at radius 1 is 1.30 bits per heavy atom. The Kier molecular flexibility index (Phi) is 4.52. The van der Waals surface area contributed by atoms with E-state index < -0.39 is 6.10 Å². The Morgan fingerprint density at radius 3 is 2.65 bits per heavy atom. The van der Waals surface area contributed by atoms with Gasteiger partial charge in [-0.2, -0.15) is 0 Å². The summed E-state index contributed by atoms with van der Waals surface area (Å²) < 4.78 is 11.5. The molecule has 0 saturated carbocycles. The molecule has 1 aliphatic heterocycles. The lowest BCUT2D eigenvalue weighted by Gasteiger charge is -2.30. The molecule has 2 atom stereocenters. The zero-order chi connectivity index (χ0) is 16.4. The third kappa shape index (κ3) is 3.47. The minimum absolute atomic E-state index is 0.189. The number of fused-ring (bicyclic) bond motifs is 1. The number of nitrogens with zero attached hydrogens (tertiary/aromatic N) is 1. The number of nitrogens with one attached hydrogen (secondary N) is 1. The lowest BCUT2D eigenvalue weighted by molar-refractivity contribution is -0.133. The van der Waals surface area contributed by atoms with Crippen LogP contribution in [0.15, 0.2) is 29.6 Å². The van der Waals surface area contributed by atoms with Gasteiger partial charge in [0.15, 0.2) is 11.5 Å². The van der Waals surface area contributed by atoms with Crippen molar-refractivity contribution in [1.29, 1.82) is 0 Å². The third-order valence-corrected chi connectivity index (χ3v) is 4.80. The summed E-state index contributed by atoms with van der Waals surface area (Å²) in [7, 11) is 0. The second-order valence-electron chi connectivity index (χ2n) is 5.86. The molecule has 1 aromatic heterocycles. The van der Waals surface area contributed by atoms with Crippen molar-refractivity contribution >= 4 is 17.2 Å². The van der Waals surface area contributed by atoms with Crippen LogP contribution in [0.4, 0.5) is 0 Å². The summed E-state index contributed by atoms with van der Waals surface area (Å²) in [6.45, 7) is 6.44. The number of ether oxygens (including phenoxy) is 2. The van der Waals surface area contributed by atoms with Crippen molar-refractivity contribution in [2.75, 3.05) is 0 Å². The molecule has 0 radical (unpaired) electrons.